The van der Waals surface area contributed by atoms with Gasteiger partial charge in [0, 0.05) is 17.3 Å². The van der Waals surface area contributed by atoms with Crippen LogP contribution in [0.3, 0.4) is 0 Å². The number of rotatable bonds is 2. The molecule has 3 heterocycles. The molecule has 0 spiro atoms. The Morgan fingerprint density at radius 2 is 2.17 bits per heavy atom. The second kappa shape index (κ2) is 4.47. The fraction of sp³-hybridized carbons (Fsp3) is 0. The number of hydrogen-bond acceptors (Lipinski definition) is 5. The first-order chi connectivity index (χ1) is 8.86. The summed E-state index contributed by atoms with van der Waals surface area (Å²) >= 11 is 1.45. The van der Waals surface area contributed by atoms with Crippen molar-refractivity contribution in [1.82, 2.24) is 19.6 Å². The molecule has 0 saturated carbocycles. The largest absolute Gasteiger partial charge is 0.277 e. The van der Waals surface area contributed by atoms with E-state index in [4.69, 9.17) is 5.26 Å². The van der Waals surface area contributed by atoms with E-state index in [0.717, 1.165) is 15.7 Å². The Labute approximate surface area is 107 Å². The van der Waals surface area contributed by atoms with E-state index in [0.29, 0.717) is 5.69 Å². The van der Waals surface area contributed by atoms with Gasteiger partial charge in [-0.1, -0.05) is 6.07 Å². The van der Waals surface area contributed by atoms with Gasteiger partial charge in [-0.05, 0) is 36.0 Å². The van der Waals surface area contributed by atoms with Crippen LogP contribution in [0.5, 0.6) is 0 Å². The van der Waals surface area contributed by atoms with Gasteiger partial charge in [-0.25, -0.2) is 4.98 Å². The SMILES string of the molecule is N#Cc1cc(Sc2nnc3ccccn23)ccn1. The average molecular weight is 253 g/mol. The molecule has 0 saturated heterocycles. The summed E-state index contributed by atoms with van der Waals surface area (Å²) in [6.45, 7) is 0. The molecule has 0 aliphatic carbocycles. The van der Waals surface area contributed by atoms with E-state index in [1.54, 1.807) is 12.3 Å². The van der Waals surface area contributed by atoms with Crippen LogP contribution in [0.25, 0.3) is 5.65 Å². The monoisotopic (exact) mass is 253 g/mol. The molecule has 0 aliphatic rings. The van der Waals surface area contributed by atoms with Crippen LogP contribution in [0, 0.1) is 11.3 Å². The quantitative estimate of drug-likeness (QED) is 0.700. The van der Waals surface area contributed by atoms with Gasteiger partial charge >= 0.3 is 0 Å². The van der Waals surface area contributed by atoms with Crippen molar-refractivity contribution in [3.05, 3.63) is 48.4 Å². The van der Waals surface area contributed by atoms with Crippen molar-refractivity contribution in [2.75, 3.05) is 0 Å². The van der Waals surface area contributed by atoms with Gasteiger partial charge < -0.3 is 0 Å². The molecule has 86 valence electrons. The van der Waals surface area contributed by atoms with Crippen molar-refractivity contribution in [1.29, 1.82) is 5.26 Å². The Morgan fingerprint density at radius 3 is 3.06 bits per heavy atom. The maximum atomic E-state index is 8.80. The molecule has 5 nitrogen and oxygen atoms in total. The Morgan fingerprint density at radius 1 is 1.22 bits per heavy atom. The molecule has 0 fully saturated rings. The van der Waals surface area contributed by atoms with Crippen LogP contribution in [0.4, 0.5) is 0 Å². The van der Waals surface area contributed by atoms with Gasteiger partial charge in [0.15, 0.2) is 10.8 Å². The topological polar surface area (TPSA) is 66.9 Å². The van der Waals surface area contributed by atoms with Gasteiger partial charge in [0.2, 0.25) is 0 Å². The summed E-state index contributed by atoms with van der Waals surface area (Å²) in [4.78, 5) is 4.85. The van der Waals surface area contributed by atoms with Gasteiger partial charge in [0.1, 0.15) is 11.8 Å². The minimum atomic E-state index is 0.397. The molecule has 0 aliphatic heterocycles. The highest BCUT2D eigenvalue weighted by Crippen LogP contribution is 2.26. The third-order valence-electron chi connectivity index (χ3n) is 2.34. The molecule has 3 aromatic heterocycles. The minimum Gasteiger partial charge on any atom is -0.277 e. The lowest BCUT2D eigenvalue weighted by Crippen LogP contribution is -1.87. The third kappa shape index (κ3) is 1.92. The highest BCUT2D eigenvalue weighted by molar-refractivity contribution is 7.99. The Kier molecular flexibility index (Phi) is 2.67. The van der Waals surface area contributed by atoms with Gasteiger partial charge in [0.25, 0.3) is 0 Å². The van der Waals surface area contributed by atoms with Crippen LogP contribution in [0.2, 0.25) is 0 Å². The molecular formula is C12H7N5S. The van der Waals surface area contributed by atoms with E-state index in [1.165, 1.54) is 11.8 Å². The molecule has 0 amide bonds. The molecule has 6 heteroatoms. The van der Waals surface area contributed by atoms with E-state index in [1.807, 2.05) is 40.9 Å². The molecule has 0 bridgehead atoms. The fourth-order valence-electron chi connectivity index (χ4n) is 1.53. The second-order valence-electron chi connectivity index (χ2n) is 3.50. The Balaban J connectivity index is 1.99. The molecule has 0 atom stereocenters. The zero-order valence-electron chi connectivity index (χ0n) is 9.19. The lowest BCUT2D eigenvalue weighted by Gasteiger charge is -1.99. The number of nitrogens with zero attached hydrogens (tertiary/aromatic N) is 5. The number of aromatic nitrogens is 4. The minimum absolute atomic E-state index is 0.397. The number of pyridine rings is 2. The van der Waals surface area contributed by atoms with Gasteiger partial charge in [-0.3, -0.25) is 4.40 Å². The van der Waals surface area contributed by atoms with Crippen molar-refractivity contribution in [3.63, 3.8) is 0 Å². The second-order valence-corrected chi connectivity index (χ2v) is 4.54. The molecule has 3 rings (SSSR count). The first kappa shape index (κ1) is 10.7. The highest BCUT2D eigenvalue weighted by Gasteiger charge is 2.07. The maximum Gasteiger partial charge on any atom is 0.200 e. The molecule has 18 heavy (non-hydrogen) atoms. The average Bonchev–Trinajstić information content (AvgIpc) is 2.83. The lowest BCUT2D eigenvalue weighted by molar-refractivity contribution is 0.921. The summed E-state index contributed by atoms with van der Waals surface area (Å²) in [5, 5.41) is 17.8. The molecule has 0 unspecified atom stereocenters. The third-order valence-corrected chi connectivity index (χ3v) is 3.29. The van der Waals surface area contributed by atoms with Crippen LogP contribution >= 0.6 is 11.8 Å². The summed E-state index contributed by atoms with van der Waals surface area (Å²) in [6, 6.07) is 11.3. The van der Waals surface area contributed by atoms with Crippen molar-refractivity contribution in [2.45, 2.75) is 10.1 Å². The number of fused-ring (bicyclic) bond motifs is 1. The van der Waals surface area contributed by atoms with Gasteiger partial charge in [-0.15, -0.1) is 10.2 Å². The summed E-state index contributed by atoms with van der Waals surface area (Å²) < 4.78 is 1.90. The van der Waals surface area contributed by atoms with Crippen molar-refractivity contribution < 1.29 is 0 Å². The first-order valence-electron chi connectivity index (χ1n) is 5.20. The van der Waals surface area contributed by atoms with Crippen LogP contribution in [-0.2, 0) is 0 Å². The predicted octanol–water partition coefficient (Wildman–Crippen LogP) is 2.15. The van der Waals surface area contributed by atoms with E-state index in [2.05, 4.69) is 15.2 Å². The number of nitriles is 1. The fourth-order valence-corrected chi connectivity index (χ4v) is 2.37. The van der Waals surface area contributed by atoms with E-state index >= 15 is 0 Å². The van der Waals surface area contributed by atoms with Gasteiger partial charge in [0.05, 0.1) is 0 Å². The molecule has 0 radical (unpaired) electrons. The van der Waals surface area contributed by atoms with Gasteiger partial charge in [-0.2, -0.15) is 5.26 Å². The Hall–Kier alpha value is -2.39. The van der Waals surface area contributed by atoms with E-state index in [-0.39, 0.29) is 0 Å². The first-order valence-corrected chi connectivity index (χ1v) is 6.02. The summed E-state index contributed by atoms with van der Waals surface area (Å²) in [6.07, 6.45) is 3.52. The number of hydrogen-bond donors (Lipinski definition) is 0. The lowest BCUT2D eigenvalue weighted by atomic mass is 10.4. The smallest absolute Gasteiger partial charge is 0.200 e. The van der Waals surface area contributed by atoms with Crippen molar-refractivity contribution >= 4 is 17.4 Å². The summed E-state index contributed by atoms with van der Waals surface area (Å²) in [5.41, 5.74) is 1.20. The molecule has 3 aromatic rings. The van der Waals surface area contributed by atoms with Crippen LogP contribution < -0.4 is 0 Å². The van der Waals surface area contributed by atoms with Crippen molar-refractivity contribution in [2.24, 2.45) is 0 Å². The summed E-state index contributed by atoms with van der Waals surface area (Å²) in [5.74, 6) is 0. The normalized spacial score (nSPS) is 10.4. The molecular weight excluding hydrogens is 246 g/mol. The zero-order chi connectivity index (χ0) is 12.4. The van der Waals surface area contributed by atoms with Crippen LogP contribution in [-0.4, -0.2) is 19.6 Å². The highest BCUT2D eigenvalue weighted by atomic mass is 32.2. The molecule has 0 N–H and O–H groups in total. The van der Waals surface area contributed by atoms with Crippen molar-refractivity contribution in [3.8, 4) is 6.07 Å². The molecule has 0 aromatic carbocycles. The Bertz CT molecular complexity index is 743. The van der Waals surface area contributed by atoms with Crippen LogP contribution in [0.15, 0.2) is 52.8 Å². The maximum absolute atomic E-state index is 8.80. The predicted molar refractivity (Wildman–Crippen MR) is 66.1 cm³/mol. The summed E-state index contributed by atoms with van der Waals surface area (Å²) in [7, 11) is 0. The van der Waals surface area contributed by atoms with Crippen LogP contribution in [0.1, 0.15) is 5.69 Å². The van der Waals surface area contributed by atoms with E-state index in [9.17, 15) is 0 Å². The standard InChI is InChI=1S/C12H7N5S/c13-8-9-7-10(4-5-14-9)18-12-16-15-11-3-1-2-6-17(11)12/h1-7H. The zero-order valence-corrected chi connectivity index (χ0v) is 10.0. The van der Waals surface area contributed by atoms with E-state index < -0.39 is 0 Å².